The van der Waals surface area contributed by atoms with Gasteiger partial charge in [0.1, 0.15) is 0 Å². The second-order valence-electron chi connectivity index (χ2n) is 5.40. The molecule has 21 heavy (non-hydrogen) atoms. The van der Waals surface area contributed by atoms with E-state index in [9.17, 15) is 9.59 Å². The quantitative estimate of drug-likeness (QED) is 0.879. The number of aliphatic carboxylic acids is 1. The van der Waals surface area contributed by atoms with Crippen LogP contribution >= 0.6 is 27.3 Å². The summed E-state index contributed by atoms with van der Waals surface area (Å²) < 4.78 is 1.04. The number of carboxylic acids is 1. The summed E-state index contributed by atoms with van der Waals surface area (Å²) >= 11 is 5.04. The van der Waals surface area contributed by atoms with E-state index in [0.29, 0.717) is 19.6 Å². The maximum absolute atomic E-state index is 12.4. The van der Waals surface area contributed by atoms with Gasteiger partial charge in [0.15, 0.2) is 0 Å². The first kappa shape index (κ1) is 16.3. The van der Waals surface area contributed by atoms with Gasteiger partial charge in [0.2, 0.25) is 0 Å². The summed E-state index contributed by atoms with van der Waals surface area (Å²) in [6, 6.07) is 2.04. The minimum absolute atomic E-state index is 0.0216. The summed E-state index contributed by atoms with van der Waals surface area (Å²) in [4.78, 5) is 27.7. The molecule has 5 nitrogen and oxygen atoms in total. The number of rotatable bonds is 4. The molecule has 1 aliphatic rings. The Morgan fingerprint density at radius 3 is 2.67 bits per heavy atom. The maximum atomic E-state index is 12.4. The number of halogens is 1. The van der Waals surface area contributed by atoms with Crippen LogP contribution in [0.5, 0.6) is 0 Å². The van der Waals surface area contributed by atoms with Crippen molar-refractivity contribution < 1.29 is 14.7 Å². The molecule has 0 radical (unpaired) electrons. The highest BCUT2D eigenvalue weighted by atomic mass is 79.9. The van der Waals surface area contributed by atoms with Crippen molar-refractivity contribution in [3.63, 3.8) is 0 Å². The molecule has 0 aromatic carbocycles. The first-order valence-electron chi connectivity index (χ1n) is 6.90. The van der Waals surface area contributed by atoms with Crippen LogP contribution in [0.2, 0.25) is 0 Å². The lowest BCUT2D eigenvalue weighted by molar-refractivity contribution is -0.138. The van der Waals surface area contributed by atoms with E-state index in [0.717, 1.165) is 22.2 Å². The summed E-state index contributed by atoms with van der Waals surface area (Å²) in [5.41, 5.74) is 0. The highest BCUT2D eigenvalue weighted by Crippen LogP contribution is 2.23. The summed E-state index contributed by atoms with van der Waals surface area (Å²) in [6.07, 6.45) is 1.76. The van der Waals surface area contributed by atoms with Gasteiger partial charge in [0.25, 0.3) is 0 Å². The first-order valence-corrected chi connectivity index (χ1v) is 8.57. The summed E-state index contributed by atoms with van der Waals surface area (Å²) in [6.45, 7) is 1.90. The number of nitrogens with zero attached hydrogens (tertiary/aromatic N) is 2. The number of piperidine rings is 1. The van der Waals surface area contributed by atoms with Crippen molar-refractivity contribution in [3.8, 4) is 0 Å². The molecule has 1 aromatic heterocycles. The van der Waals surface area contributed by atoms with E-state index in [-0.39, 0.29) is 18.4 Å². The van der Waals surface area contributed by atoms with Crippen molar-refractivity contribution in [1.82, 2.24) is 9.80 Å². The smallest absolute Gasteiger partial charge is 0.320 e. The number of hydrogen-bond acceptors (Lipinski definition) is 3. The highest BCUT2D eigenvalue weighted by molar-refractivity contribution is 9.10. The first-order chi connectivity index (χ1) is 9.95. The average molecular weight is 375 g/mol. The third-order valence-electron chi connectivity index (χ3n) is 3.69. The van der Waals surface area contributed by atoms with E-state index >= 15 is 0 Å². The van der Waals surface area contributed by atoms with E-state index < -0.39 is 5.97 Å². The number of thiophene rings is 1. The van der Waals surface area contributed by atoms with Crippen molar-refractivity contribution in [3.05, 3.63) is 20.8 Å². The van der Waals surface area contributed by atoms with Gasteiger partial charge in [0, 0.05) is 41.3 Å². The normalized spacial score (nSPS) is 16.0. The molecule has 1 fully saturated rings. The molecule has 0 saturated carbocycles. The molecule has 7 heteroatoms. The van der Waals surface area contributed by atoms with E-state index in [4.69, 9.17) is 5.11 Å². The molecule has 2 rings (SSSR count). The van der Waals surface area contributed by atoms with Crippen LogP contribution in [0.4, 0.5) is 4.79 Å². The van der Waals surface area contributed by atoms with Gasteiger partial charge in [-0.15, -0.1) is 11.3 Å². The fraction of sp³-hybridized carbons (Fsp3) is 0.571. The second-order valence-corrected chi connectivity index (χ2v) is 7.31. The predicted molar refractivity (Wildman–Crippen MR) is 85.4 cm³/mol. The Bertz CT molecular complexity index is 512. The minimum atomic E-state index is -0.750. The van der Waals surface area contributed by atoms with E-state index in [1.54, 1.807) is 23.3 Å². The van der Waals surface area contributed by atoms with Crippen molar-refractivity contribution in [2.75, 3.05) is 20.1 Å². The van der Waals surface area contributed by atoms with Crippen LogP contribution < -0.4 is 0 Å². The van der Waals surface area contributed by atoms with Gasteiger partial charge in [-0.05, 0) is 40.8 Å². The van der Waals surface area contributed by atoms with Crippen LogP contribution in [0.3, 0.4) is 0 Å². The Balaban J connectivity index is 1.82. The standard InChI is InChI=1S/C14H19BrN2O3S/c1-16(8-12-7-11(15)9-21-12)14(20)17-4-2-10(3-5-17)6-13(18)19/h7,9-10H,2-6,8H2,1H3,(H,18,19). The number of hydrogen-bond donors (Lipinski definition) is 1. The van der Waals surface area contributed by atoms with Crippen LogP contribution in [-0.4, -0.2) is 47.0 Å². The maximum Gasteiger partial charge on any atom is 0.320 e. The molecule has 116 valence electrons. The number of likely N-dealkylation sites (tertiary alicyclic amines) is 1. The van der Waals surface area contributed by atoms with Crippen LogP contribution in [0.25, 0.3) is 0 Å². The molecule has 0 spiro atoms. The molecule has 0 aliphatic carbocycles. The van der Waals surface area contributed by atoms with Gasteiger partial charge in [-0.1, -0.05) is 0 Å². The van der Waals surface area contributed by atoms with E-state index in [1.807, 2.05) is 16.3 Å². The molecule has 1 aliphatic heterocycles. The Morgan fingerprint density at radius 1 is 1.48 bits per heavy atom. The van der Waals surface area contributed by atoms with Crippen LogP contribution in [-0.2, 0) is 11.3 Å². The second kappa shape index (κ2) is 7.26. The number of carboxylic acid groups (broad SMARTS) is 1. The van der Waals surface area contributed by atoms with Gasteiger partial charge in [0.05, 0.1) is 6.54 Å². The highest BCUT2D eigenvalue weighted by Gasteiger charge is 2.26. The molecule has 0 unspecified atom stereocenters. The molecule has 2 amide bonds. The zero-order valence-electron chi connectivity index (χ0n) is 11.9. The predicted octanol–water partition coefficient (Wildman–Crippen LogP) is 3.25. The lowest BCUT2D eigenvalue weighted by Gasteiger charge is -2.34. The molecular weight excluding hydrogens is 356 g/mol. The summed E-state index contributed by atoms with van der Waals surface area (Å²) in [5.74, 6) is -0.551. The molecule has 2 heterocycles. The Labute approximate surface area is 136 Å². The van der Waals surface area contributed by atoms with Crippen molar-refractivity contribution in [1.29, 1.82) is 0 Å². The van der Waals surface area contributed by atoms with Gasteiger partial charge in [-0.3, -0.25) is 4.79 Å². The van der Waals surface area contributed by atoms with Gasteiger partial charge >= 0.3 is 12.0 Å². The number of carbonyl (C=O) groups is 2. The fourth-order valence-corrected chi connectivity index (χ4v) is 4.06. The van der Waals surface area contributed by atoms with Gasteiger partial charge in [-0.25, -0.2) is 4.79 Å². The Kier molecular flexibility index (Phi) is 5.64. The van der Waals surface area contributed by atoms with Gasteiger partial charge in [-0.2, -0.15) is 0 Å². The largest absolute Gasteiger partial charge is 0.481 e. The third kappa shape index (κ3) is 4.71. The fourth-order valence-electron chi connectivity index (χ4n) is 2.55. The Hall–Kier alpha value is -1.08. The monoisotopic (exact) mass is 374 g/mol. The van der Waals surface area contributed by atoms with E-state index in [2.05, 4.69) is 15.9 Å². The lowest BCUT2D eigenvalue weighted by atomic mass is 9.94. The van der Waals surface area contributed by atoms with Crippen LogP contribution in [0.15, 0.2) is 15.9 Å². The molecule has 1 aromatic rings. The third-order valence-corrected chi connectivity index (χ3v) is 5.37. The van der Waals surface area contributed by atoms with Crippen molar-refractivity contribution in [2.24, 2.45) is 5.92 Å². The van der Waals surface area contributed by atoms with Gasteiger partial charge < -0.3 is 14.9 Å². The lowest BCUT2D eigenvalue weighted by Crippen LogP contribution is -2.45. The minimum Gasteiger partial charge on any atom is -0.481 e. The van der Waals surface area contributed by atoms with Crippen molar-refractivity contribution >= 4 is 39.3 Å². The SMILES string of the molecule is CN(Cc1cc(Br)cs1)C(=O)N1CCC(CC(=O)O)CC1. The average Bonchev–Trinajstić information content (AvgIpc) is 2.83. The summed E-state index contributed by atoms with van der Waals surface area (Å²) in [5, 5.41) is 10.8. The number of carbonyl (C=O) groups excluding carboxylic acids is 1. The molecule has 1 saturated heterocycles. The van der Waals surface area contributed by atoms with Crippen molar-refractivity contribution in [2.45, 2.75) is 25.8 Å². The number of amides is 2. The molecule has 0 atom stereocenters. The topological polar surface area (TPSA) is 60.9 Å². The Morgan fingerprint density at radius 2 is 2.14 bits per heavy atom. The van der Waals surface area contributed by atoms with E-state index in [1.165, 1.54) is 0 Å². The molecule has 1 N–H and O–H groups in total. The summed E-state index contributed by atoms with van der Waals surface area (Å²) in [7, 11) is 1.80. The van der Waals surface area contributed by atoms with Crippen LogP contribution in [0, 0.1) is 5.92 Å². The van der Waals surface area contributed by atoms with Crippen LogP contribution in [0.1, 0.15) is 24.1 Å². The molecule has 0 bridgehead atoms. The zero-order valence-corrected chi connectivity index (χ0v) is 14.3. The number of urea groups is 1. The zero-order chi connectivity index (χ0) is 15.4. The molecular formula is C14H19BrN2O3S.